The molecule has 2 nitrogen and oxygen atoms in total. The molecule has 0 radical (unpaired) electrons. The van der Waals surface area contributed by atoms with E-state index in [1.54, 1.807) is 0 Å². The molecule has 20 aromatic rings. The molecule has 0 saturated heterocycles. The summed E-state index contributed by atoms with van der Waals surface area (Å²) >= 11 is 3.49. The average molecular weight is 1390 g/mol. The third-order valence-electron chi connectivity index (χ3n) is 20.8. The van der Waals surface area contributed by atoms with Crippen LogP contribution in [0.2, 0.25) is 0 Å². The Labute approximate surface area is 612 Å². The molecule has 0 spiro atoms. The van der Waals surface area contributed by atoms with E-state index in [-0.39, 0.29) is 0 Å². The molecule has 0 saturated carbocycles. The highest BCUT2D eigenvalue weighted by Crippen LogP contribution is 2.46. The maximum atomic E-state index is 10.2. The lowest BCUT2D eigenvalue weighted by Gasteiger charge is -2.18. The Bertz CT molecular complexity index is 6600. The summed E-state index contributed by atoms with van der Waals surface area (Å²) < 4.78 is 1.11. The van der Waals surface area contributed by atoms with Crippen LogP contribution in [0.25, 0.3) is 186 Å². The maximum absolute atomic E-state index is 10.2. The van der Waals surface area contributed by atoms with E-state index in [9.17, 15) is 10.0 Å². The standard InChI is InChI=1S/C50H32.C30H21BO2.C20H13Br/c1-2-12-38-30-40(28-22-33(38)10-1)39-13-9-14-42(31-39)50-46-18-7-5-16-44(46)49(45-17-6-8-19-47(45)50)37-26-20-34(21-27-37)41-29-25-36-24-23-35-11-3-4-15-43(35)48(36)32-41;32-31(33)30-27-14-5-3-12-25(27)29(26-13-4-6-15-28(26)30)24-11-7-10-22(19-24)23-17-16-20-8-1-2-9-21(20)18-23;21-18-11-9-14(10-12-18)17-8-7-16-6-5-15-3-1-2-4-19(15)20(16)13-17/h1-32H;1-19,32-33H;1-13H. The second-order valence-corrected chi connectivity index (χ2v) is 27.8. The highest BCUT2D eigenvalue weighted by molar-refractivity contribution is 9.10. The van der Waals surface area contributed by atoms with Crippen molar-refractivity contribution in [1.29, 1.82) is 0 Å². The van der Waals surface area contributed by atoms with Crippen molar-refractivity contribution in [2.75, 3.05) is 0 Å². The predicted molar refractivity (Wildman–Crippen MR) is 450 cm³/mol. The number of rotatable bonds is 8. The molecule has 0 aliphatic rings. The van der Waals surface area contributed by atoms with Gasteiger partial charge in [-0.2, -0.15) is 0 Å². The van der Waals surface area contributed by atoms with Crippen molar-refractivity contribution in [3.05, 3.63) is 393 Å². The van der Waals surface area contributed by atoms with Crippen molar-refractivity contribution < 1.29 is 10.0 Å². The summed E-state index contributed by atoms with van der Waals surface area (Å²) in [6, 6.07) is 139. The number of hydrogen-bond acceptors (Lipinski definition) is 2. The largest absolute Gasteiger partial charge is 0.489 e. The van der Waals surface area contributed by atoms with Crippen LogP contribution in [0.4, 0.5) is 0 Å². The van der Waals surface area contributed by atoms with E-state index in [0.717, 1.165) is 42.7 Å². The smallest absolute Gasteiger partial charge is 0.423 e. The molecule has 0 unspecified atom stereocenters. The summed E-state index contributed by atoms with van der Waals surface area (Å²) in [6.45, 7) is 0. The topological polar surface area (TPSA) is 40.5 Å². The summed E-state index contributed by atoms with van der Waals surface area (Å²) in [5.41, 5.74) is 17.5. The monoisotopic (exact) mass is 1390 g/mol. The highest BCUT2D eigenvalue weighted by atomic mass is 79.9. The Balaban J connectivity index is 0.000000122. The van der Waals surface area contributed by atoms with Gasteiger partial charge in [-0.1, -0.05) is 356 Å². The van der Waals surface area contributed by atoms with Crippen molar-refractivity contribution in [3.63, 3.8) is 0 Å². The van der Waals surface area contributed by atoms with Gasteiger partial charge in [0.1, 0.15) is 0 Å². The third-order valence-corrected chi connectivity index (χ3v) is 21.3. The quantitative estimate of drug-likeness (QED) is 0.0904. The zero-order valence-electron chi connectivity index (χ0n) is 56.8. The van der Waals surface area contributed by atoms with Crippen molar-refractivity contribution in [3.8, 4) is 77.9 Å². The van der Waals surface area contributed by atoms with Crippen LogP contribution in [0.1, 0.15) is 0 Å². The van der Waals surface area contributed by atoms with E-state index >= 15 is 0 Å². The first-order chi connectivity index (χ1) is 51.3. The summed E-state index contributed by atoms with van der Waals surface area (Å²) in [6.07, 6.45) is 0. The number of fused-ring (bicyclic) bond motifs is 12. The molecule has 0 fully saturated rings. The second kappa shape index (κ2) is 27.4. The van der Waals surface area contributed by atoms with Crippen molar-refractivity contribution in [2.45, 2.75) is 0 Å². The summed E-state index contributed by atoms with van der Waals surface area (Å²) in [5, 5.41) is 44.5. The summed E-state index contributed by atoms with van der Waals surface area (Å²) in [4.78, 5) is 0. The van der Waals surface area contributed by atoms with E-state index in [4.69, 9.17) is 0 Å². The van der Waals surface area contributed by atoms with Gasteiger partial charge in [-0.25, -0.2) is 0 Å². The fourth-order valence-corrected chi connectivity index (χ4v) is 16.0. The number of hydrogen-bond donors (Lipinski definition) is 2. The predicted octanol–water partition coefficient (Wildman–Crippen LogP) is 26.7. The molecule has 0 aliphatic heterocycles. The maximum Gasteiger partial charge on any atom is 0.489 e. The van der Waals surface area contributed by atoms with Gasteiger partial charge >= 0.3 is 7.12 Å². The molecule has 2 N–H and O–H groups in total. The molecule has 20 aromatic carbocycles. The third kappa shape index (κ3) is 12.0. The van der Waals surface area contributed by atoms with Gasteiger partial charge in [0.25, 0.3) is 0 Å². The molecule has 0 atom stereocenters. The molecule has 0 aliphatic carbocycles. The van der Waals surface area contributed by atoms with Crippen LogP contribution in [0.5, 0.6) is 0 Å². The van der Waals surface area contributed by atoms with Crippen LogP contribution in [0.15, 0.2) is 393 Å². The van der Waals surface area contributed by atoms with Crippen LogP contribution in [-0.4, -0.2) is 17.2 Å². The fraction of sp³-hybridized carbons (Fsp3) is 0. The fourth-order valence-electron chi connectivity index (χ4n) is 15.8. The lowest BCUT2D eigenvalue weighted by molar-refractivity contribution is 0.426. The van der Waals surface area contributed by atoms with E-state index in [2.05, 4.69) is 368 Å². The lowest BCUT2D eigenvalue weighted by Crippen LogP contribution is -2.31. The van der Waals surface area contributed by atoms with Crippen molar-refractivity contribution >= 4 is 136 Å². The van der Waals surface area contributed by atoms with Gasteiger partial charge in [0.2, 0.25) is 0 Å². The van der Waals surface area contributed by atoms with Crippen LogP contribution in [-0.2, 0) is 0 Å². The minimum atomic E-state index is -1.54. The van der Waals surface area contributed by atoms with Gasteiger partial charge in [0.05, 0.1) is 0 Å². The van der Waals surface area contributed by atoms with E-state index in [0.29, 0.717) is 5.46 Å². The van der Waals surface area contributed by atoms with Gasteiger partial charge in [-0.15, -0.1) is 0 Å². The Morgan fingerprint density at radius 1 is 0.163 bits per heavy atom. The minimum Gasteiger partial charge on any atom is -0.423 e. The van der Waals surface area contributed by atoms with Gasteiger partial charge in [-0.3, -0.25) is 0 Å². The summed E-state index contributed by atoms with van der Waals surface area (Å²) in [7, 11) is -1.54. The zero-order valence-corrected chi connectivity index (χ0v) is 58.4. The average Bonchev–Trinajstić information content (AvgIpc) is 0.747. The molecule has 4 heteroatoms. The molecule has 0 bridgehead atoms. The molecule has 488 valence electrons. The molecule has 0 heterocycles. The second-order valence-electron chi connectivity index (χ2n) is 26.9. The molecule has 0 aromatic heterocycles. The van der Waals surface area contributed by atoms with E-state index in [1.807, 2.05) is 36.4 Å². The number of halogens is 1. The van der Waals surface area contributed by atoms with Crippen LogP contribution in [0.3, 0.4) is 0 Å². The zero-order chi connectivity index (χ0) is 69.6. The van der Waals surface area contributed by atoms with Crippen LogP contribution in [0, 0.1) is 0 Å². The lowest BCUT2D eigenvalue weighted by atomic mass is 9.72. The molecular formula is C100H66BBrO2. The molecule has 0 amide bonds. The normalized spacial score (nSPS) is 11.4. The molecular weight excluding hydrogens is 1320 g/mol. The van der Waals surface area contributed by atoms with Gasteiger partial charge in [-0.05, 0) is 240 Å². The van der Waals surface area contributed by atoms with Gasteiger partial charge < -0.3 is 10.0 Å². The van der Waals surface area contributed by atoms with Crippen molar-refractivity contribution in [1.82, 2.24) is 0 Å². The van der Waals surface area contributed by atoms with E-state index < -0.39 is 7.12 Å². The first-order valence-corrected chi connectivity index (χ1v) is 36.2. The number of benzene rings is 20. The Hall–Kier alpha value is -12.5. The Morgan fingerprint density at radius 3 is 0.808 bits per heavy atom. The van der Waals surface area contributed by atoms with Gasteiger partial charge in [0, 0.05) is 4.47 Å². The van der Waals surface area contributed by atoms with Crippen molar-refractivity contribution in [2.24, 2.45) is 0 Å². The summed E-state index contributed by atoms with van der Waals surface area (Å²) in [5.74, 6) is 0. The molecule has 20 rings (SSSR count). The van der Waals surface area contributed by atoms with Gasteiger partial charge in [0.15, 0.2) is 0 Å². The Morgan fingerprint density at radius 2 is 0.413 bits per heavy atom. The van der Waals surface area contributed by atoms with E-state index in [1.165, 1.54) is 147 Å². The highest BCUT2D eigenvalue weighted by Gasteiger charge is 2.23. The minimum absolute atomic E-state index is 0.552. The van der Waals surface area contributed by atoms with Crippen LogP contribution >= 0.6 is 15.9 Å². The van der Waals surface area contributed by atoms with Crippen LogP contribution < -0.4 is 5.46 Å². The molecule has 104 heavy (non-hydrogen) atoms. The SMILES string of the molecule is Brc1ccc(-c2ccc3ccc4ccccc4c3c2)cc1.OB(O)c1c2ccccc2c(-c2cccc(-c3ccc4ccccc4c3)c2)c2ccccc12.c1cc(-c2ccc3ccccc3c2)cc(-c2c3ccccc3c(-c3ccc(-c4ccc5ccc6ccccc6c5c4)cc3)c3ccccc23)c1. The first-order valence-electron chi connectivity index (χ1n) is 35.4. The Kier molecular flexibility index (Phi) is 16.8. The first kappa shape index (κ1) is 63.6.